The first-order valence-electron chi connectivity index (χ1n) is 5.63. The van der Waals surface area contributed by atoms with Crippen LogP contribution in [0.25, 0.3) is 0 Å². The van der Waals surface area contributed by atoms with Gasteiger partial charge in [0, 0.05) is 24.7 Å². The summed E-state index contributed by atoms with van der Waals surface area (Å²) in [5.41, 5.74) is 2.63. The maximum absolute atomic E-state index is 5.50. The van der Waals surface area contributed by atoms with Crippen molar-refractivity contribution in [3.8, 4) is 12.3 Å². The molecule has 0 aromatic heterocycles. The van der Waals surface area contributed by atoms with E-state index in [1.54, 1.807) is 0 Å². The van der Waals surface area contributed by atoms with E-state index in [0.717, 1.165) is 0 Å². The molecule has 1 unspecified atom stereocenters. The molecule has 1 aliphatic rings. The fourth-order valence-electron chi connectivity index (χ4n) is 2.19. The molecular weight excluding hydrogens is 182 g/mol. The first kappa shape index (κ1) is 10.1. The summed E-state index contributed by atoms with van der Waals surface area (Å²) in [5.74, 6) is 3.03. The third-order valence-corrected chi connectivity index (χ3v) is 3.10. The number of para-hydroxylation sites is 1. The van der Waals surface area contributed by atoms with Gasteiger partial charge in [0.25, 0.3) is 0 Å². The summed E-state index contributed by atoms with van der Waals surface area (Å²) in [5, 5.41) is 0. The van der Waals surface area contributed by atoms with Crippen LogP contribution in [0, 0.1) is 12.3 Å². The van der Waals surface area contributed by atoms with Crippen LogP contribution >= 0.6 is 0 Å². The molecule has 2 rings (SSSR count). The number of nitrogens with zero attached hydrogens (tertiary/aromatic N) is 1. The topological polar surface area (TPSA) is 3.24 Å². The number of benzene rings is 1. The number of hydrogen-bond acceptors (Lipinski definition) is 1. The lowest BCUT2D eigenvalue weighted by molar-refractivity contribution is 0.923. The maximum Gasteiger partial charge on any atom is 0.0441 e. The van der Waals surface area contributed by atoms with E-state index in [2.05, 4.69) is 42.0 Å². The van der Waals surface area contributed by atoms with Crippen LogP contribution in [0.3, 0.4) is 0 Å². The molecule has 1 aliphatic heterocycles. The van der Waals surface area contributed by atoms with Gasteiger partial charge in [-0.3, -0.25) is 0 Å². The second-order valence-electron chi connectivity index (χ2n) is 4.14. The fraction of sp³-hybridized carbons (Fsp3) is 0.429. The van der Waals surface area contributed by atoms with Crippen LogP contribution in [0.2, 0.25) is 0 Å². The Labute approximate surface area is 92.1 Å². The minimum absolute atomic E-state index is 0.210. The van der Waals surface area contributed by atoms with Crippen LogP contribution in [0.15, 0.2) is 24.3 Å². The van der Waals surface area contributed by atoms with E-state index < -0.39 is 0 Å². The van der Waals surface area contributed by atoms with E-state index in [1.165, 1.54) is 37.2 Å². The van der Waals surface area contributed by atoms with E-state index in [9.17, 15) is 0 Å². The molecule has 15 heavy (non-hydrogen) atoms. The molecule has 78 valence electrons. The highest BCUT2D eigenvalue weighted by Gasteiger charge is 2.16. The Hall–Kier alpha value is -1.42. The van der Waals surface area contributed by atoms with Crippen molar-refractivity contribution in [2.45, 2.75) is 25.7 Å². The molecule has 0 bridgehead atoms. The molecular formula is C14H17N. The van der Waals surface area contributed by atoms with Crippen molar-refractivity contribution < 1.29 is 0 Å². The van der Waals surface area contributed by atoms with Crippen molar-refractivity contribution in [3.63, 3.8) is 0 Å². The van der Waals surface area contributed by atoms with Crippen molar-refractivity contribution in [2.75, 3.05) is 18.0 Å². The summed E-state index contributed by atoms with van der Waals surface area (Å²) < 4.78 is 0. The Morgan fingerprint density at radius 3 is 2.60 bits per heavy atom. The van der Waals surface area contributed by atoms with Gasteiger partial charge in [-0.05, 0) is 31.4 Å². The van der Waals surface area contributed by atoms with Gasteiger partial charge in [0.05, 0.1) is 0 Å². The Morgan fingerprint density at radius 1 is 1.27 bits per heavy atom. The van der Waals surface area contributed by atoms with Crippen molar-refractivity contribution >= 4 is 5.69 Å². The Morgan fingerprint density at radius 2 is 1.93 bits per heavy atom. The normalized spacial score (nSPS) is 17.5. The van der Waals surface area contributed by atoms with E-state index in [4.69, 9.17) is 6.42 Å². The first-order chi connectivity index (χ1) is 7.33. The van der Waals surface area contributed by atoms with Crippen LogP contribution in [-0.2, 0) is 0 Å². The lowest BCUT2D eigenvalue weighted by Crippen LogP contribution is -2.19. The zero-order chi connectivity index (χ0) is 10.7. The highest BCUT2D eigenvalue weighted by Crippen LogP contribution is 2.29. The van der Waals surface area contributed by atoms with Crippen molar-refractivity contribution in [3.05, 3.63) is 29.8 Å². The summed E-state index contributed by atoms with van der Waals surface area (Å²) in [4.78, 5) is 2.45. The lowest BCUT2D eigenvalue weighted by Gasteiger charge is -2.22. The van der Waals surface area contributed by atoms with Gasteiger partial charge in [0.1, 0.15) is 0 Å². The highest BCUT2D eigenvalue weighted by atomic mass is 15.1. The van der Waals surface area contributed by atoms with Gasteiger partial charge in [0.2, 0.25) is 0 Å². The smallest absolute Gasteiger partial charge is 0.0441 e. The van der Waals surface area contributed by atoms with Crippen molar-refractivity contribution in [2.24, 2.45) is 0 Å². The van der Waals surface area contributed by atoms with E-state index >= 15 is 0 Å². The largest absolute Gasteiger partial charge is 0.371 e. The molecule has 1 aromatic rings. The zero-order valence-corrected chi connectivity index (χ0v) is 9.24. The van der Waals surface area contributed by atoms with E-state index in [1.807, 2.05) is 0 Å². The predicted octanol–water partition coefficient (Wildman–Crippen LogP) is 3.02. The summed E-state index contributed by atoms with van der Waals surface area (Å²) in [7, 11) is 0. The minimum atomic E-state index is 0.210. The molecule has 1 nitrogen and oxygen atoms in total. The molecule has 1 fully saturated rings. The monoisotopic (exact) mass is 199 g/mol. The van der Waals surface area contributed by atoms with Gasteiger partial charge in [-0.25, -0.2) is 0 Å². The van der Waals surface area contributed by atoms with Gasteiger partial charge in [-0.15, -0.1) is 6.42 Å². The lowest BCUT2D eigenvalue weighted by atomic mass is 9.99. The number of terminal acetylenes is 1. The number of rotatable bonds is 2. The molecule has 1 heterocycles. The zero-order valence-electron chi connectivity index (χ0n) is 9.24. The summed E-state index contributed by atoms with van der Waals surface area (Å²) in [6.07, 6.45) is 8.11. The highest BCUT2D eigenvalue weighted by molar-refractivity contribution is 5.57. The molecule has 0 N–H and O–H groups in total. The predicted molar refractivity (Wildman–Crippen MR) is 65.1 cm³/mol. The first-order valence-corrected chi connectivity index (χ1v) is 5.63. The quantitative estimate of drug-likeness (QED) is 0.662. The molecule has 0 amide bonds. The molecule has 1 atom stereocenters. The van der Waals surface area contributed by atoms with Gasteiger partial charge in [-0.1, -0.05) is 24.1 Å². The Balaban J connectivity index is 2.33. The molecule has 1 saturated heterocycles. The second kappa shape index (κ2) is 4.40. The average Bonchev–Trinajstić information content (AvgIpc) is 2.81. The third kappa shape index (κ3) is 1.99. The molecule has 1 aromatic carbocycles. The number of hydrogen-bond donors (Lipinski definition) is 0. The van der Waals surface area contributed by atoms with Crippen LogP contribution in [-0.4, -0.2) is 13.1 Å². The van der Waals surface area contributed by atoms with Crippen molar-refractivity contribution in [1.29, 1.82) is 0 Å². The van der Waals surface area contributed by atoms with Gasteiger partial charge >= 0.3 is 0 Å². The molecule has 0 aliphatic carbocycles. The van der Waals surface area contributed by atoms with Crippen LogP contribution in [0.5, 0.6) is 0 Å². The summed E-state index contributed by atoms with van der Waals surface area (Å²) >= 11 is 0. The van der Waals surface area contributed by atoms with E-state index in [0.29, 0.717) is 0 Å². The van der Waals surface area contributed by atoms with Crippen LogP contribution < -0.4 is 4.90 Å². The van der Waals surface area contributed by atoms with Crippen LogP contribution in [0.1, 0.15) is 31.2 Å². The summed E-state index contributed by atoms with van der Waals surface area (Å²) in [6, 6.07) is 8.51. The third-order valence-electron chi connectivity index (χ3n) is 3.10. The fourth-order valence-corrected chi connectivity index (χ4v) is 2.19. The maximum atomic E-state index is 5.50. The molecule has 0 radical (unpaired) electrons. The van der Waals surface area contributed by atoms with E-state index in [-0.39, 0.29) is 5.92 Å². The molecule has 0 saturated carbocycles. The second-order valence-corrected chi connectivity index (χ2v) is 4.14. The summed E-state index contributed by atoms with van der Waals surface area (Å²) in [6.45, 7) is 4.44. The average molecular weight is 199 g/mol. The van der Waals surface area contributed by atoms with Gasteiger partial charge in [0.15, 0.2) is 0 Å². The minimum Gasteiger partial charge on any atom is -0.371 e. The number of anilines is 1. The standard InChI is InChI=1S/C14H17N/c1-3-12(2)13-8-4-5-9-14(13)15-10-6-7-11-15/h1,4-5,8-9,12H,6-7,10-11H2,2H3. The Bertz CT molecular complexity index is 369. The van der Waals surface area contributed by atoms with Crippen molar-refractivity contribution in [1.82, 2.24) is 0 Å². The van der Waals surface area contributed by atoms with Gasteiger partial charge in [-0.2, -0.15) is 0 Å². The Kier molecular flexibility index (Phi) is 2.97. The SMILES string of the molecule is C#CC(C)c1ccccc1N1CCCC1. The molecule has 1 heteroatoms. The molecule has 0 spiro atoms. The van der Waals surface area contributed by atoms with Gasteiger partial charge < -0.3 is 4.90 Å². The van der Waals surface area contributed by atoms with Crippen LogP contribution in [0.4, 0.5) is 5.69 Å².